The average Bonchev–Trinajstić information content (AvgIpc) is 2.66. The molecular weight excluding hydrogens is 361 g/mol. The SMILES string of the molecule is Cc1c(-c2ccc(Cc3c(O)nc(COC(C)C)[nH]c3=O)cc2)ccnc1F. The lowest BCUT2D eigenvalue weighted by atomic mass is 9.99. The van der Waals surface area contributed by atoms with E-state index in [1.54, 1.807) is 13.0 Å². The van der Waals surface area contributed by atoms with Gasteiger partial charge in [-0.1, -0.05) is 24.3 Å². The molecule has 0 spiro atoms. The van der Waals surface area contributed by atoms with E-state index in [0.29, 0.717) is 5.56 Å². The Morgan fingerprint density at radius 2 is 1.93 bits per heavy atom. The maximum Gasteiger partial charge on any atom is 0.258 e. The fourth-order valence-corrected chi connectivity index (χ4v) is 2.83. The first-order chi connectivity index (χ1) is 13.3. The van der Waals surface area contributed by atoms with E-state index >= 15 is 0 Å². The van der Waals surface area contributed by atoms with Gasteiger partial charge < -0.3 is 14.8 Å². The van der Waals surface area contributed by atoms with Crippen molar-refractivity contribution >= 4 is 0 Å². The van der Waals surface area contributed by atoms with Gasteiger partial charge in [0.2, 0.25) is 11.8 Å². The van der Waals surface area contributed by atoms with Gasteiger partial charge >= 0.3 is 0 Å². The molecule has 0 radical (unpaired) electrons. The molecule has 2 aromatic heterocycles. The Morgan fingerprint density at radius 1 is 1.21 bits per heavy atom. The summed E-state index contributed by atoms with van der Waals surface area (Å²) in [4.78, 5) is 22.6. The van der Waals surface area contributed by atoms with Gasteiger partial charge in [0.15, 0.2) is 0 Å². The number of nitrogens with zero attached hydrogens (tertiary/aromatic N) is 2. The molecule has 0 fully saturated rings. The number of hydrogen-bond acceptors (Lipinski definition) is 5. The van der Waals surface area contributed by atoms with Gasteiger partial charge in [-0.2, -0.15) is 9.37 Å². The van der Waals surface area contributed by atoms with Crippen LogP contribution in [0.25, 0.3) is 11.1 Å². The van der Waals surface area contributed by atoms with Gasteiger partial charge in [-0.3, -0.25) is 4.79 Å². The van der Waals surface area contributed by atoms with Crippen LogP contribution < -0.4 is 5.56 Å². The lowest BCUT2D eigenvalue weighted by molar-refractivity contribution is 0.0607. The molecule has 2 heterocycles. The molecule has 6 nitrogen and oxygen atoms in total. The van der Waals surface area contributed by atoms with Gasteiger partial charge in [0.25, 0.3) is 5.56 Å². The highest BCUT2D eigenvalue weighted by Gasteiger charge is 2.13. The molecule has 3 rings (SSSR count). The molecule has 0 atom stereocenters. The Bertz CT molecular complexity index is 1030. The summed E-state index contributed by atoms with van der Waals surface area (Å²) in [5.41, 5.74) is 2.70. The van der Waals surface area contributed by atoms with Crippen LogP contribution in [0.1, 0.15) is 36.4 Å². The number of rotatable bonds is 6. The molecule has 3 aromatic rings. The maximum atomic E-state index is 13.7. The molecule has 0 aliphatic heterocycles. The van der Waals surface area contributed by atoms with Crippen LogP contribution in [-0.4, -0.2) is 26.2 Å². The van der Waals surface area contributed by atoms with Crippen LogP contribution in [0.4, 0.5) is 4.39 Å². The van der Waals surface area contributed by atoms with Gasteiger partial charge in [0, 0.05) is 18.2 Å². The highest BCUT2D eigenvalue weighted by molar-refractivity contribution is 5.66. The fourth-order valence-electron chi connectivity index (χ4n) is 2.83. The molecule has 0 saturated carbocycles. The van der Waals surface area contributed by atoms with E-state index in [4.69, 9.17) is 4.74 Å². The van der Waals surface area contributed by atoms with E-state index in [9.17, 15) is 14.3 Å². The normalized spacial score (nSPS) is 11.2. The van der Waals surface area contributed by atoms with Crippen LogP contribution in [0.3, 0.4) is 0 Å². The van der Waals surface area contributed by atoms with E-state index in [1.807, 2.05) is 38.1 Å². The first kappa shape index (κ1) is 19.7. The topological polar surface area (TPSA) is 88.1 Å². The Balaban J connectivity index is 1.81. The summed E-state index contributed by atoms with van der Waals surface area (Å²) in [6, 6.07) is 9.12. The minimum atomic E-state index is -0.495. The van der Waals surface area contributed by atoms with E-state index < -0.39 is 11.5 Å². The zero-order valence-corrected chi connectivity index (χ0v) is 16.0. The van der Waals surface area contributed by atoms with Gasteiger partial charge in [0.05, 0.1) is 11.7 Å². The van der Waals surface area contributed by atoms with Crippen LogP contribution in [-0.2, 0) is 17.8 Å². The number of aromatic nitrogens is 3. The molecular formula is C21H22FN3O3. The first-order valence-electron chi connectivity index (χ1n) is 8.98. The highest BCUT2D eigenvalue weighted by Crippen LogP contribution is 2.25. The number of ether oxygens (including phenoxy) is 1. The van der Waals surface area contributed by atoms with Crippen molar-refractivity contribution < 1.29 is 14.2 Å². The fraction of sp³-hybridized carbons (Fsp3) is 0.286. The van der Waals surface area contributed by atoms with Crippen LogP contribution in [0.2, 0.25) is 0 Å². The number of aromatic hydroxyl groups is 1. The Kier molecular flexibility index (Phi) is 5.84. The van der Waals surface area contributed by atoms with Gasteiger partial charge in [0.1, 0.15) is 12.4 Å². The molecule has 0 saturated heterocycles. The third-order valence-corrected chi connectivity index (χ3v) is 4.38. The lowest BCUT2D eigenvalue weighted by Crippen LogP contribution is -2.18. The summed E-state index contributed by atoms with van der Waals surface area (Å²) in [5, 5.41) is 10.2. The van der Waals surface area contributed by atoms with Crippen molar-refractivity contribution in [1.29, 1.82) is 0 Å². The molecule has 1 aromatic carbocycles. The van der Waals surface area contributed by atoms with Gasteiger partial charge in [-0.15, -0.1) is 0 Å². The second-order valence-electron chi connectivity index (χ2n) is 6.82. The van der Waals surface area contributed by atoms with E-state index in [-0.39, 0.29) is 36.4 Å². The van der Waals surface area contributed by atoms with E-state index in [1.165, 1.54) is 6.20 Å². The molecule has 7 heteroatoms. The molecule has 0 bridgehead atoms. The monoisotopic (exact) mass is 383 g/mol. The number of nitrogens with one attached hydrogen (secondary N) is 1. The second kappa shape index (κ2) is 8.31. The molecule has 0 unspecified atom stereocenters. The molecule has 0 aliphatic rings. The van der Waals surface area contributed by atoms with Crippen molar-refractivity contribution in [1.82, 2.24) is 15.0 Å². The number of pyridine rings is 1. The summed E-state index contributed by atoms with van der Waals surface area (Å²) < 4.78 is 19.1. The standard InChI is InChI=1S/C21H22FN3O3/c1-12(2)28-11-18-24-20(26)17(21(27)25-18)10-14-4-6-15(7-5-14)16-8-9-23-19(22)13(16)3/h4-9,12H,10-11H2,1-3H3,(H2,24,25,26,27). The van der Waals surface area contributed by atoms with Crippen molar-refractivity contribution in [2.24, 2.45) is 0 Å². The van der Waals surface area contributed by atoms with Crippen molar-refractivity contribution in [3.8, 4) is 17.0 Å². The predicted molar refractivity (Wildman–Crippen MR) is 104 cm³/mol. The average molecular weight is 383 g/mol. The smallest absolute Gasteiger partial charge is 0.258 e. The van der Waals surface area contributed by atoms with Crippen molar-refractivity contribution in [2.75, 3.05) is 0 Å². The van der Waals surface area contributed by atoms with Crippen LogP contribution >= 0.6 is 0 Å². The number of aromatic amines is 1. The molecule has 2 N–H and O–H groups in total. The highest BCUT2D eigenvalue weighted by atomic mass is 19.1. The van der Waals surface area contributed by atoms with Crippen molar-refractivity contribution in [3.63, 3.8) is 0 Å². The maximum absolute atomic E-state index is 13.7. The number of hydrogen-bond donors (Lipinski definition) is 2. The number of H-pyrrole nitrogens is 1. The van der Waals surface area contributed by atoms with E-state index in [2.05, 4.69) is 15.0 Å². The zero-order chi connectivity index (χ0) is 20.3. The predicted octanol–water partition coefficient (Wildman–Crippen LogP) is 3.50. The Hall–Kier alpha value is -3.06. The van der Waals surface area contributed by atoms with Crippen LogP contribution in [0.5, 0.6) is 5.88 Å². The Labute approximate surface area is 162 Å². The van der Waals surface area contributed by atoms with Crippen molar-refractivity contribution in [3.05, 3.63) is 75.3 Å². The minimum Gasteiger partial charge on any atom is -0.493 e. The number of benzene rings is 1. The molecule has 0 aliphatic carbocycles. The summed E-state index contributed by atoms with van der Waals surface area (Å²) in [7, 11) is 0. The third-order valence-electron chi connectivity index (χ3n) is 4.38. The van der Waals surface area contributed by atoms with Crippen LogP contribution in [0, 0.1) is 12.9 Å². The Morgan fingerprint density at radius 3 is 2.57 bits per heavy atom. The van der Waals surface area contributed by atoms with Gasteiger partial charge in [-0.25, -0.2) is 4.98 Å². The molecule has 0 amide bonds. The van der Waals surface area contributed by atoms with Gasteiger partial charge in [-0.05, 0) is 43.5 Å². The summed E-state index contributed by atoms with van der Waals surface area (Å²) in [5.74, 6) is -0.515. The summed E-state index contributed by atoms with van der Waals surface area (Å²) in [6.45, 7) is 5.55. The lowest BCUT2D eigenvalue weighted by Gasteiger charge is -2.10. The minimum absolute atomic E-state index is 0.0110. The third kappa shape index (κ3) is 4.43. The zero-order valence-electron chi connectivity index (χ0n) is 16.0. The molecule has 146 valence electrons. The number of halogens is 1. The van der Waals surface area contributed by atoms with Crippen molar-refractivity contribution in [2.45, 2.75) is 39.9 Å². The summed E-state index contributed by atoms with van der Waals surface area (Å²) in [6.07, 6.45) is 1.64. The summed E-state index contributed by atoms with van der Waals surface area (Å²) >= 11 is 0. The van der Waals surface area contributed by atoms with E-state index in [0.717, 1.165) is 16.7 Å². The molecule has 28 heavy (non-hydrogen) atoms. The quantitative estimate of drug-likeness (QED) is 0.636. The van der Waals surface area contributed by atoms with Crippen LogP contribution in [0.15, 0.2) is 41.3 Å². The first-order valence-corrected chi connectivity index (χ1v) is 8.98. The second-order valence-corrected chi connectivity index (χ2v) is 6.82. The largest absolute Gasteiger partial charge is 0.493 e.